The lowest BCUT2D eigenvalue weighted by Crippen LogP contribution is -2.45. The Morgan fingerprint density at radius 3 is 3.00 bits per heavy atom. The second kappa shape index (κ2) is 8.23. The van der Waals surface area contributed by atoms with Crippen molar-refractivity contribution in [1.29, 1.82) is 0 Å². The Morgan fingerprint density at radius 1 is 1.40 bits per heavy atom. The van der Waals surface area contributed by atoms with Crippen molar-refractivity contribution in [3.63, 3.8) is 0 Å². The van der Waals surface area contributed by atoms with Gasteiger partial charge in [0.05, 0.1) is 6.61 Å². The van der Waals surface area contributed by atoms with E-state index in [4.69, 9.17) is 4.74 Å². The number of hydrogen-bond donors (Lipinski definition) is 1. The predicted molar refractivity (Wildman–Crippen MR) is 97.9 cm³/mol. The van der Waals surface area contributed by atoms with Crippen LogP contribution in [0.4, 0.5) is 0 Å². The van der Waals surface area contributed by atoms with Gasteiger partial charge in [0.25, 0.3) is 0 Å². The number of pyridine rings is 1. The van der Waals surface area contributed by atoms with Crippen molar-refractivity contribution < 1.29 is 9.53 Å². The van der Waals surface area contributed by atoms with Crippen LogP contribution in [0.2, 0.25) is 0 Å². The second-order valence-corrected chi connectivity index (χ2v) is 6.29. The van der Waals surface area contributed by atoms with Crippen LogP contribution in [-0.4, -0.2) is 41.9 Å². The van der Waals surface area contributed by atoms with E-state index in [0.29, 0.717) is 6.61 Å². The molecule has 3 rings (SSSR count). The minimum Gasteiger partial charge on any atom is -0.494 e. The number of aromatic nitrogens is 1. The highest BCUT2D eigenvalue weighted by Crippen LogP contribution is 2.28. The first-order valence-corrected chi connectivity index (χ1v) is 8.80. The lowest BCUT2D eigenvalue weighted by molar-refractivity contribution is 0.101. The van der Waals surface area contributed by atoms with Crippen LogP contribution in [-0.2, 0) is 6.54 Å². The number of Topliss-reactive ketones (excluding diaryl/α,β-unsaturated/α-hetero) is 1. The van der Waals surface area contributed by atoms with Gasteiger partial charge in [-0.25, -0.2) is 0 Å². The van der Waals surface area contributed by atoms with Gasteiger partial charge in [-0.3, -0.25) is 14.7 Å². The second-order valence-electron chi connectivity index (χ2n) is 6.29. The molecule has 0 saturated carbocycles. The number of benzene rings is 1. The minimum atomic E-state index is 0.0772. The normalized spacial score (nSPS) is 18.1. The van der Waals surface area contributed by atoms with E-state index in [1.165, 1.54) is 5.56 Å². The summed E-state index contributed by atoms with van der Waals surface area (Å²) in [5.74, 6) is 0.935. The maximum atomic E-state index is 11.8. The molecule has 0 aliphatic carbocycles. The van der Waals surface area contributed by atoms with E-state index < -0.39 is 0 Å². The Balaban J connectivity index is 1.88. The fourth-order valence-corrected chi connectivity index (χ4v) is 3.27. The molecule has 5 nitrogen and oxygen atoms in total. The van der Waals surface area contributed by atoms with Gasteiger partial charge in [-0.2, -0.15) is 0 Å². The summed E-state index contributed by atoms with van der Waals surface area (Å²) in [6.07, 6.45) is 3.73. The smallest absolute Gasteiger partial charge is 0.159 e. The van der Waals surface area contributed by atoms with Gasteiger partial charge >= 0.3 is 0 Å². The van der Waals surface area contributed by atoms with E-state index in [9.17, 15) is 4.79 Å². The molecular weight excluding hydrogens is 314 g/mol. The Hall–Kier alpha value is -2.24. The largest absolute Gasteiger partial charge is 0.494 e. The van der Waals surface area contributed by atoms with Crippen molar-refractivity contribution in [1.82, 2.24) is 15.2 Å². The van der Waals surface area contributed by atoms with Gasteiger partial charge in [0.1, 0.15) is 5.75 Å². The zero-order valence-corrected chi connectivity index (χ0v) is 14.9. The monoisotopic (exact) mass is 339 g/mol. The van der Waals surface area contributed by atoms with Crippen LogP contribution >= 0.6 is 0 Å². The summed E-state index contributed by atoms with van der Waals surface area (Å²) < 4.78 is 5.79. The Kier molecular flexibility index (Phi) is 5.79. The average molecular weight is 339 g/mol. The highest BCUT2D eigenvalue weighted by Gasteiger charge is 2.25. The molecule has 1 aliphatic heterocycles. The minimum absolute atomic E-state index is 0.0772. The van der Waals surface area contributed by atoms with Crippen LogP contribution < -0.4 is 10.1 Å². The molecule has 1 atom stereocenters. The Bertz CT molecular complexity index is 718. The van der Waals surface area contributed by atoms with Crippen LogP contribution in [0.1, 0.15) is 41.4 Å². The van der Waals surface area contributed by atoms with Crippen LogP contribution in [0.5, 0.6) is 5.75 Å². The molecule has 25 heavy (non-hydrogen) atoms. The van der Waals surface area contributed by atoms with Crippen molar-refractivity contribution in [2.24, 2.45) is 0 Å². The average Bonchev–Trinajstić information content (AvgIpc) is 2.64. The lowest BCUT2D eigenvalue weighted by Gasteiger charge is -2.36. The lowest BCUT2D eigenvalue weighted by atomic mass is 10.0. The topological polar surface area (TPSA) is 54.5 Å². The molecule has 1 aromatic heterocycles. The first-order valence-electron chi connectivity index (χ1n) is 8.80. The molecule has 2 heterocycles. The van der Waals surface area contributed by atoms with Crippen LogP contribution in [0.15, 0.2) is 42.7 Å². The Labute approximate surface area is 149 Å². The molecule has 0 spiro atoms. The van der Waals surface area contributed by atoms with Gasteiger partial charge in [0.15, 0.2) is 5.78 Å². The van der Waals surface area contributed by atoms with E-state index in [-0.39, 0.29) is 11.8 Å². The van der Waals surface area contributed by atoms with E-state index in [0.717, 1.165) is 43.1 Å². The SMILES string of the molecule is CCOc1ccc(C(C)=O)cc1CN1CCNCC1c1cccnc1. The van der Waals surface area contributed by atoms with Gasteiger partial charge in [-0.15, -0.1) is 0 Å². The van der Waals surface area contributed by atoms with Crippen molar-refractivity contribution >= 4 is 5.78 Å². The molecular formula is C20H25N3O2. The van der Waals surface area contributed by atoms with Crippen LogP contribution in [0, 0.1) is 0 Å². The molecule has 0 radical (unpaired) electrons. The molecule has 1 aromatic carbocycles. The molecule has 1 unspecified atom stereocenters. The van der Waals surface area contributed by atoms with Gasteiger partial charge in [0, 0.05) is 55.7 Å². The number of ether oxygens (including phenoxy) is 1. The molecule has 2 aromatic rings. The highest BCUT2D eigenvalue weighted by atomic mass is 16.5. The first kappa shape index (κ1) is 17.6. The zero-order chi connectivity index (χ0) is 17.6. The number of piperazine rings is 1. The highest BCUT2D eigenvalue weighted by molar-refractivity contribution is 5.94. The van der Waals surface area contributed by atoms with Crippen molar-refractivity contribution in [3.8, 4) is 5.75 Å². The fourth-order valence-electron chi connectivity index (χ4n) is 3.27. The number of nitrogens with zero attached hydrogens (tertiary/aromatic N) is 2. The standard InChI is InChI=1S/C20H25N3O2/c1-3-25-20-7-6-16(15(2)24)11-18(20)14-23-10-9-22-13-19(23)17-5-4-8-21-12-17/h4-8,11-12,19,22H,3,9-10,13-14H2,1-2H3. The third kappa shape index (κ3) is 4.24. The van der Waals surface area contributed by atoms with Crippen LogP contribution in [0.25, 0.3) is 0 Å². The number of carbonyl (C=O) groups excluding carboxylic acids is 1. The summed E-state index contributed by atoms with van der Waals surface area (Å²) in [4.78, 5) is 18.5. The quantitative estimate of drug-likeness (QED) is 0.820. The maximum absolute atomic E-state index is 11.8. The van der Waals surface area contributed by atoms with Crippen LogP contribution in [0.3, 0.4) is 0 Å². The van der Waals surface area contributed by atoms with E-state index in [1.807, 2.05) is 37.4 Å². The van der Waals surface area contributed by atoms with Gasteiger partial charge < -0.3 is 10.1 Å². The molecule has 0 bridgehead atoms. The van der Waals surface area contributed by atoms with Crippen molar-refractivity contribution in [2.45, 2.75) is 26.4 Å². The molecule has 1 aliphatic rings. The molecule has 132 valence electrons. The number of ketones is 1. The number of rotatable bonds is 6. The molecule has 5 heteroatoms. The summed E-state index contributed by atoms with van der Waals surface area (Å²) in [6, 6.07) is 10.1. The third-order valence-corrected chi connectivity index (χ3v) is 4.56. The molecule has 1 fully saturated rings. The van der Waals surface area contributed by atoms with E-state index >= 15 is 0 Å². The predicted octanol–water partition coefficient (Wildman–Crippen LogP) is 2.83. The number of nitrogens with one attached hydrogen (secondary N) is 1. The van der Waals surface area contributed by atoms with E-state index in [1.54, 1.807) is 13.1 Å². The first-order chi connectivity index (χ1) is 12.2. The summed E-state index contributed by atoms with van der Waals surface area (Å²) >= 11 is 0. The summed E-state index contributed by atoms with van der Waals surface area (Å²) in [5, 5.41) is 3.46. The zero-order valence-electron chi connectivity index (χ0n) is 14.9. The van der Waals surface area contributed by atoms with Gasteiger partial charge in [0.2, 0.25) is 0 Å². The van der Waals surface area contributed by atoms with Gasteiger partial charge in [-0.1, -0.05) is 6.07 Å². The maximum Gasteiger partial charge on any atom is 0.159 e. The molecule has 1 saturated heterocycles. The van der Waals surface area contributed by atoms with Crippen molar-refractivity contribution in [2.75, 3.05) is 26.2 Å². The third-order valence-electron chi connectivity index (χ3n) is 4.56. The van der Waals surface area contributed by atoms with E-state index in [2.05, 4.69) is 21.3 Å². The fraction of sp³-hybridized carbons (Fsp3) is 0.400. The molecule has 0 amide bonds. The van der Waals surface area contributed by atoms with Crippen molar-refractivity contribution in [3.05, 3.63) is 59.4 Å². The van der Waals surface area contributed by atoms with Gasteiger partial charge in [-0.05, 0) is 43.7 Å². The summed E-state index contributed by atoms with van der Waals surface area (Å²) in [5.41, 5.74) is 2.99. The summed E-state index contributed by atoms with van der Waals surface area (Å²) in [6.45, 7) is 7.72. The number of carbonyl (C=O) groups is 1. The number of hydrogen-bond acceptors (Lipinski definition) is 5. The Morgan fingerprint density at radius 2 is 2.28 bits per heavy atom. The molecule has 1 N–H and O–H groups in total. The summed E-state index contributed by atoms with van der Waals surface area (Å²) in [7, 11) is 0.